The number of amides is 1. The van der Waals surface area contributed by atoms with E-state index in [1.807, 2.05) is 23.1 Å². The summed E-state index contributed by atoms with van der Waals surface area (Å²) < 4.78 is 0. The summed E-state index contributed by atoms with van der Waals surface area (Å²) in [7, 11) is 2.17. The maximum Gasteiger partial charge on any atom is 0.253 e. The maximum absolute atomic E-state index is 12.8. The second kappa shape index (κ2) is 9.79. The molecule has 4 rings (SSSR count). The highest BCUT2D eigenvalue weighted by Crippen LogP contribution is 2.29. The topological polar surface area (TPSA) is 52.6 Å². The van der Waals surface area contributed by atoms with E-state index in [0.29, 0.717) is 0 Å². The van der Waals surface area contributed by atoms with Crippen LogP contribution in [0.15, 0.2) is 35.5 Å². The number of hydrogen-bond acceptors (Lipinski definition) is 6. The van der Waals surface area contributed by atoms with Crippen LogP contribution in [0.25, 0.3) is 0 Å². The summed E-state index contributed by atoms with van der Waals surface area (Å²) in [5.41, 5.74) is 2.95. The van der Waals surface area contributed by atoms with Gasteiger partial charge in [-0.3, -0.25) is 4.79 Å². The fourth-order valence-electron chi connectivity index (χ4n) is 4.10. The fraction of sp³-hybridized carbons (Fsp3) is 0.560. The molecule has 1 aromatic heterocycles. The molecule has 32 heavy (non-hydrogen) atoms. The molecule has 2 aromatic rings. The van der Waals surface area contributed by atoms with Crippen LogP contribution in [-0.2, 0) is 11.2 Å². The van der Waals surface area contributed by atoms with Crippen molar-refractivity contribution in [3.63, 3.8) is 0 Å². The molecule has 7 heteroatoms. The minimum Gasteiger partial charge on any atom is -0.354 e. The van der Waals surface area contributed by atoms with Gasteiger partial charge in [-0.1, -0.05) is 44.7 Å². The predicted molar refractivity (Wildman–Crippen MR) is 132 cm³/mol. The summed E-state index contributed by atoms with van der Waals surface area (Å²) in [5.74, 6) is 1.92. The van der Waals surface area contributed by atoms with E-state index in [-0.39, 0.29) is 11.3 Å². The van der Waals surface area contributed by atoms with E-state index in [2.05, 4.69) is 49.8 Å². The maximum atomic E-state index is 12.8. The van der Waals surface area contributed by atoms with Gasteiger partial charge in [0.05, 0.1) is 5.69 Å². The molecule has 2 aliphatic rings. The van der Waals surface area contributed by atoms with E-state index in [4.69, 9.17) is 9.97 Å². The molecule has 3 heterocycles. The first kappa shape index (κ1) is 23.1. The lowest BCUT2D eigenvalue weighted by molar-refractivity contribution is 0.0792. The number of nitrogens with zero attached hydrogens (tertiary/aromatic N) is 5. The zero-order chi connectivity index (χ0) is 22.7. The van der Waals surface area contributed by atoms with Crippen molar-refractivity contribution in [2.24, 2.45) is 0 Å². The van der Waals surface area contributed by atoms with E-state index in [0.717, 1.165) is 85.7 Å². The van der Waals surface area contributed by atoms with E-state index in [1.54, 1.807) is 11.8 Å². The van der Waals surface area contributed by atoms with Crippen LogP contribution in [0, 0.1) is 0 Å². The van der Waals surface area contributed by atoms with Crippen LogP contribution in [0.3, 0.4) is 0 Å². The van der Waals surface area contributed by atoms with Crippen molar-refractivity contribution in [3.05, 3.63) is 47.2 Å². The predicted octanol–water partition coefficient (Wildman–Crippen LogP) is 4.05. The van der Waals surface area contributed by atoms with Crippen LogP contribution >= 0.6 is 11.8 Å². The Kier molecular flexibility index (Phi) is 7.05. The number of benzene rings is 1. The van der Waals surface area contributed by atoms with E-state index in [9.17, 15) is 4.79 Å². The van der Waals surface area contributed by atoms with E-state index >= 15 is 0 Å². The van der Waals surface area contributed by atoms with Gasteiger partial charge in [-0.25, -0.2) is 9.97 Å². The fourth-order valence-corrected chi connectivity index (χ4v) is 4.90. The zero-order valence-corrected chi connectivity index (χ0v) is 20.6. The van der Waals surface area contributed by atoms with Crippen molar-refractivity contribution in [2.45, 2.75) is 49.9 Å². The summed E-state index contributed by atoms with van der Waals surface area (Å²) in [6.45, 7) is 12.4. The first-order valence-electron chi connectivity index (χ1n) is 11.6. The molecule has 2 fully saturated rings. The second-order valence-corrected chi connectivity index (χ2v) is 10.9. The lowest BCUT2D eigenvalue weighted by Gasteiger charge is -2.34. The van der Waals surface area contributed by atoms with E-state index < -0.39 is 0 Å². The summed E-state index contributed by atoms with van der Waals surface area (Å²) in [5, 5.41) is 0.808. The summed E-state index contributed by atoms with van der Waals surface area (Å²) in [6.07, 6.45) is 2.22. The molecular formula is C25H35N5OS. The third-order valence-corrected chi connectivity index (χ3v) is 7.14. The number of piperazine rings is 1. The number of carbonyl (C=O) groups is 1. The number of thioether (sulfide) groups is 1. The average Bonchev–Trinajstić information content (AvgIpc) is 3.32. The Morgan fingerprint density at radius 3 is 2.41 bits per heavy atom. The lowest BCUT2D eigenvalue weighted by Crippen LogP contribution is -2.45. The third kappa shape index (κ3) is 5.62. The highest BCUT2D eigenvalue weighted by molar-refractivity contribution is 7.98. The molecule has 0 bridgehead atoms. The first-order chi connectivity index (χ1) is 15.3. The number of anilines is 1. The molecule has 6 nitrogen and oxygen atoms in total. The highest BCUT2D eigenvalue weighted by Gasteiger charge is 2.23. The van der Waals surface area contributed by atoms with Gasteiger partial charge < -0.3 is 14.7 Å². The number of hydrogen-bond donors (Lipinski definition) is 0. The quantitative estimate of drug-likeness (QED) is 0.503. The van der Waals surface area contributed by atoms with Crippen LogP contribution in [-0.4, -0.2) is 72.0 Å². The molecule has 172 valence electrons. The van der Waals surface area contributed by atoms with Crippen molar-refractivity contribution >= 4 is 23.5 Å². The molecule has 0 spiro atoms. The van der Waals surface area contributed by atoms with Gasteiger partial charge in [0.1, 0.15) is 5.82 Å². The van der Waals surface area contributed by atoms with Gasteiger partial charge in [-0.2, -0.15) is 0 Å². The Morgan fingerprint density at radius 2 is 1.72 bits per heavy atom. The minimum atomic E-state index is -0.0400. The molecule has 0 saturated carbocycles. The Bertz CT molecular complexity index is 944. The Balaban J connectivity index is 1.50. The van der Waals surface area contributed by atoms with E-state index in [1.165, 1.54) is 0 Å². The SMILES string of the molecule is CN1CCN(c2cc(C(C)(C)C)nc(SCc3cccc(C(=O)N4CCCC4)c3)n2)CC1. The van der Waals surface area contributed by atoms with Crippen LogP contribution < -0.4 is 4.90 Å². The van der Waals surface area contributed by atoms with Gasteiger partial charge in [0.15, 0.2) is 5.16 Å². The Hall–Kier alpha value is -2.12. The molecular weight excluding hydrogens is 418 g/mol. The summed E-state index contributed by atoms with van der Waals surface area (Å²) in [6, 6.07) is 10.2. The smallest absolute Gasteiger partial charge is 0.253 e. The number of rotatable bonds is 5. The average molecular weight is 454 g/mol. The summed E-state index contributed by atoms with van der Waals surface area (Å²) >= 11 is 1.65. The van der Waals surface area contributed by atoms with Gasteiger partial charge in [-0.05, 0) is 37.6 Å². The molecule has 1 amide bonds. The van der Waals surface area contributed by atoms with Crippen molar-refractivity contribution < 1.29 is 4.79 Å². The number of likely N-dealkylation sites (N-methyl/N-ethyl adjacent to an activating group) is 1. The zero-order valence-electron chi connectivity index (χ0n) is 19.8. The molecule has 0 radical (unpaired) electrons. The largest absolute Gasteiger partial charge is 0.354 e. The second-order valence-electron chi connectivity index (χ2n) is 9.92. The molecule has 2 saturated heterocycles. The monoisotopic (exact) mass is 453 g/mol. The van der Waals surface area contributed by atoms with Crippen LogP contribution in [0.2, 0.25) is 0 Å². The van der Waals surface area contributed by atoms with Crippen LogP contribution in [0.4, 0.5) is 5.82 Å². The molecule has 2 aliphatic heterocycles. The molecule has 0 unspecified atom stereocenters. The van der Waals surface area contributed by atoms with Crippen LogP contribution in [0.1, 0.15) is 55.2 Å². The number of carbonyl (C=O) groups excluding carboxylic acids is 1. The van der Waals surface area contributed by atoms with Crippen molar-refractivity contribution in [3.8, 4) is 0 Å². The standard InChI is InChI=1S/C25H35N5OS/c1-25(2,3)21-17-22(29-14-12-28(4)13-15-29)27-24(26-21)32-18-19-8-7-9-20(16-19)23(31)30-10-5-6-11-30/h7-9,16-17H,5-6,10-15,18H2,1-4H3. The Labute approximate surface area is 196 Å². The molecule has 0 N–H and O–H groups in total. The molecule has 1 aromatic carbocycles. The summed E-state index contributed by atoms with van der Waals surface area (Å²) in [4.78, 5) is 29.3. The molecule has 0 atom stereocenters. The minimum absolute atomic E-state index is 0.0400. The lowest BCUT2D eigenvalue weighted by atomic mass is 9.92. The third-order valence-electron chi connectivity index (χ3n) is 6.22. The van der Waals surface area contributed by atoms with Gasteiger partial charge >= 0.3 is 0 Å². The molecule has 0 aliphatic carbocycles. The first-order valence-corrected chi connectivity index (χ1v) is 12.6. The Morgan fingerprint density at radius 1 is 1.00 bits per heavy atom. The van der Waals surface area contributed by atoms with Crippen molar-refractivity contribution in [1.82, 2.24) is 19.8 Å². The van der Waals surface area contributed by atoms with Gasteiger partial charge in [0.2, 0.25) is 0 Å². The highest BCUT2D eigenvalue weighted by atomic mass is 32.2. The number of likely N-dealkylation sites (tertiary alicyclic amines) is 1. The van der Waals surface area contributed by atoms with Crippen LogP contribution in [0.5, 0.6) is 0 Å². The van der Waals surface area contributed by atoms with Crippen molar-refractivity contribution in [2.75, 3.05) is 51.2 Å². The van der Waals surface area contributed by atoms with Gasteiger partial charge in [0.25, 0.3) is 5.91 Å². The number of aromatic nitrogens is 2. The van der Waals surface area contributed by atoms with Crippen molar-refractivity contribution in [1.29, 1.82) is 0 Å². The normalized spacial score (nSPS) is 17.8. The van der Waals surface area contributed by atoms with Gasteiger partial charge in [0, 0.05) is 62.1 Å². The van der Waals surface area contributed by atoms with Gasteiger partial charge in [-0.15, -0.1) is 0 Å².